The standard InChI is InChI=1S/C10H11NO6/c12-5-8(13)10(15)9(14)6-1-3-7(4-2-6)11(16)17/h1-4,9-10,12,14-15H,5H2/t9-,10-/m1/s1. The zero-order chi connectivity index (χ0) is 13.0. The second-order valence-electron chi connectivity index (χ2n) is 3.36. The van der Waals surface area contributed by atoms with Crippen molar-refractivity contribution < 1.29 is 25.0 Å². The molecule has 0 fully saturated rings. The van der Waals surface area contributed by atoms with Gasteiger partial charge in [0, 0.05) is 12.1 Å². The average molecular weight is 241 g/mol. The Balaban J connectivity index is 2.86. The summed E-state index contributed by atoms with van der Waals surface area (Å²) in [5.41, 5.74) is -0.00572. The highest BCUT2D eigenvalue weighted by Crippen LogP contribution is 2.20. The maximum atomic E-state index is 10.9. The maximum Gasteiger partial charge on any atom is 0.269 e. The molecule has 0 saturated carbocycles. The van der Waals surface area contributed by atoms with E-state index >= 15 is 0 Å². The number of aliphatic hydroxyl groups excluding tert-OH is 3. The highest BCUT2D eigenvalue weighted by Gasteiger charge is 2.25. The van der Waals surface area contributed by atoms with Crippen LogP contribution in [0.4, 0.5) is 5.69 Å². The second-order valence-corrected chi connectivity index (χ2v) is 3.36. The molecule has 1 aromatic carbocycles. The van der Waals surface area contributed by atoms with Crippen LogP contribution in [0.3, 0.4) is 0 Å². The Hall–Kier alpha value is -1.83. The number of nitro benzene ring substituents is 1. The third-order valence-electron chi connectivity index (χ3n) is 2.23. The van der Waals surface area contributed by atoms with Gasteiger partial charge in [0.25, 0.3) is 5.69 Å². The molecule has 0 heterocycles. The van der Waals surface area contributed by atoms with Gasteiger partial charge in [-0.15, -0.1) is 0 Å². The lowest BCUT2D eigenvalue weighted by Gasteiger charge is -2.15. The van der Waals surface area contributed by atoms with E-state index in [0.29, 0.717) is 0 Å². The fourth-order valence-electron chi connectivity index (χ4n) is 1.25. The molecule has 7 nitrogen and oxygen atoms in total. The lowest BCUT2D eigenvalue weighted by Crippen LogP contribution is -2.30. The van der Waals surface area contributed by atoms with E-state index in [9.17, 15) is 25.1 Å². The van der Waals surface area contributed by atoms with Gasteiger partial charge >= 0.3 is 0 Å². The van der Waals surface area contributed by atoms with Crippen LogP contribution in [0.1, 0.15) is 11.7 Å². The SMILES string of the molecule is O=C(CO)[C@@H](O)[C@H](O)c1ccc([N+](=O)[O-])cc1. The first-order valence-electron chi connectivity index (χ1n) is 4.71. The van der Waals surface area contributed by atoms with Gasteiger partial charge in [-0.2, -0.15) is 0 Å². The van der Waals surface area contributed by atoms with Gasteiger partial charge in [0.1, 0.15) is 18.8 Å². The molecule has 0 aliphatic rings. The van der Waals surface area contributed by atoms with E-state index in [4.69, 9.17) is 5.11 Å². The van der Waals surface area contributed by atoms with E-state index < -0.39 is 29.5 Å². The molecule has 0 unspecified atom stereocenters. The van der Waals surface area contributed by atoms with Crippen molar-refractivity contribution in [1.82, 2.24) is 0 Å². The van der Waals surface area contributed by atoms with Gasteiger partial charge in [0.05, 0.1) is 4.92 Å². The fourth-order valence-corrected chi connectivity index (χ4v) is 1.25. The van der Waals surface area contributed by atoms with Crippen molar-refractivity contribution in [3.8, 4) is 0 Å². The molecule has 92 valence electrons. The van der Waals surface area contributed by atoms with Crippen LogP contribution < -0.4 is 0 Å². The minimum Gasteiger partial charge on any atom is -0.388 e. The smallest absolute Gasteiger partial charge is 0.269 e. The number of hydrogen-bond donors (Lipinski definition) is 3. The van der Waals surface area contributed by atoms with Gasteiger partial charge in [-0.1, -0.05) is 0 Å². The van der Waals surface area contributed by atoms with Crippen LogP contribution in [0.25, 0.3) is 0 Å². The van der Waals surface area contributed by atoms with E-state index in [1.165, 1.54) is 12.1 Å². The first kappa shape index (κ1) is 13.2. The summed E-state index contributed by atoms with van der Waals surface area (Å²) in [6, 6.07) is 4.76. The molecule has 17 heavy (non-hydrogen) atoms. The largest absolute Gasteiger partial charge is 0.388 e. The third kappa shape index (κ3) is 3.06. The molecule has 0 aromatic heterocycles. The van der Waals surface area contributed by atoms with Crippen molar-refractivity contribution in [2.24, 2.45) is 0 Å². The van der Waals surface area contributed by atoms with Crippen molar-refractivity contribution in [3.63, 3.8) is 0 Å². The van der Waals surface area contributed by atoms with E-state index in [-0.39, 0.29) is 11.3 Å². The number of hydrogen-bond acceptors (Lipinski definition) is 6. The predicted octanol–water partition coefficient (Wildman–Crippen LogP) is -0.450. The number of ketones is 1. The van der Waals surface area contributed by atoms with E-state index in [2.05, 4.69) is 0 Å². The van der Waals surface area contributed by atoms with E-state index in [1.54, 1.807) is 0 Å². The number of nitrogens with zero attached hydrogens (tertiary/aromatic N) is 1. The number of nitro groups is 1. The third-order valence-corrected chi connectivity index (χ3v) is 2.23. The first-order chi connectivity index (χ1) is 7.97. The van der Waals surface area contributed by atoms with Gasteiger partial charge in [-0.25, -0.2) is 0 Å². The molecule has 1 aromatic rings. The summed E-state index contributed by atoms with van der Waals surface area (Å²) in [6.45, 7) is -0.884. The summed E-state index contributed by atoms with van der Waals surface area (Å²) in [5, 5.41) is 37.8. The number of aliphatic hydroxyl groups is 3. The van der Waals surface area contributed by atoms with Crippen molar-refractivity contribution >= 4 is 11.5 Å². The molecule has 0 aliphatic heterocycles. The number of benzene rings is 1. The Labute approximate surface area is 96.1 Å². The van der Waals surface area contributed by atoms with Gasteiger partial charge in [0.15, 0.2) is 5.78 Å². The van der Waals surface area contributed by atoms with Crippen LogP contribution in [-0.2, 0) is 4.79 Å². The molecule has 1 rings (SSSR count). The number of rotatable bonds is 5. The van der Waals surface area contributed by atoms with Crippen molar-refractivity contribution in [3.05, 3.63) is 39.9 Å². The lowest BCUT2D eigenvalue weighted by molar-refractivity contribution is -0.384. The molecular weight excluding hydrogens is 230 g/mol. The molecule has 0 aliphatic carbocycles. The summed E-state index contributed by atoms with van der Waals surface area (Å²) in [5.74, 6) is -0.921. The maximum absolute atomic E-state index is 10.9. The van der Waals surface area contributed by atoms with Crippen LogP contribution in [0, 0.1) is 10.1 Å². The van der Waals surface area contributed by atoms with Crippen LogP contribution in [0.15, 0.2) is 24.3 Å². The summed E-state index contributed by atoms with van der Waals surface area (Å²) < 4.78 is 0. The number of carbonyl (C=O) groups is 1. The Kier molecular flexibility index (Phi) is 4.27. The van der Waals surface area contributed by atoms with Crippen LogP contribution in [0.2, 0.25) is 0 Å². The monoisotopic (exact) mass is 241 g/mol. The normalized spacial score (nSPS) is 14.1. The Morgan fingerprint density at radius 2 is 1.82 bits per heavy atom. The highest BCUT2D eigenvalue weighted by molar-refractivity contribution is 5.84. The topological polar surface area (TPSA) is 121 Å². The Bertz CT molecular complexity index is 415. The lowest BCUT2D eigenvalue weighted by atomic mass is 10.0. The highest BCUT2D eigenvalue weighted by atomic mass is 16.6. The van der Waals surface area contributed by atoms with Gasteiger partial charge < -0.3 is 15.3 Å². The molecule has 7 heteroatoms. The van der Waals surface area contributed by atoms with Crippen LogP contribution >= 0.6 is 0 Å². The predicted molar refractivity (Wildman–Crippen MR) is 56.2 cm³/mol. The first-order valence-corrected chi connectivity index (χ1v) is 4.71. The zero-order valence-electron chi connectivity index (χ0n) is 8.68. The van der Waals surface area contributed by atoms with Gasteiger partial charge in [-0.05, 0) is 17.7 Å². The van der Waals surface area contributed by atoms with Crippen LogP contribution in [-0.4, -0.2) is 38.7 Å². The summed E-state index contributed by atoms with van der Waals surface area (Å²) >= 11 is 0. The fraction of sp³-hybridized carbons (Fsp3) is 0.300. The molecule has 2 atom stereocenters. The van der Waals surface area contributed by atoms with Crippen molar-refractivity contribution in [1.29, 1.82) is 0 Å². The van der Waals surface area contributed by atoms with Crippen molar-refractivity contribution in [2.45, 2.75) is 12.2 Å². The summed E-state index contributed by atoms with van der Waals surface area (Å²) in [7, 11) is 0. The second kappa shape index (κ2) is 5.48. The van der Waals surface area contributed by atoms with E-state index in [0.717, 1.165) is 12.1 Å². The Morgan fingerprint density at radius 3 is 2.24 bits per heavy atom. The molecule has 0 bridgehead atoms. The molecule has 0 amide bonds. The molecule has 3 N–H and O–H groups in total. The minimum absolute atomic E-state index is 0.157. The average Bonchev–Trinajstić information content (AvgIpc) is 2.36. The quantitative estimate of drug-likeness (QED) is 0.474. The van der Waals surface area contributed by atoms with Crippen LogP contribution in [0.5, 0.6) is 0 Å². The molecular formula is C10H11NO6. The van der Waals surface area contributed by atoms with E-state index in [1.807, 2.05) is 0 Å². The van der Waals surface area contributed by atoms with Gasteiger partial charge in [-0.3, -0.25) is 14.9 Å². The zero-order valence-corrected chi connectivity index (χ0v) is 8.68. The molecule has 0 saturated heterocycles. The Morgan fingerprint density at radius 1 is 1.29 bits per heavy atom. The summed E-state index contributed by atoms with van der Waals surface area (Å²) in [6.07, 6.45) is -3.27. The van der Waals surface area contributed by atoms with Crippen molar-refractivity contribution in [2.75, 3.05) is 6.61 Å². The number of non-ortho nitro benzene ring substituents is 1. The minimum atomic E-state index is -1.75. The number of carbonyl (C=O) groups excluding carboxylic acids is 1. The number of Topliss-reactive ketones (excluding diaryl/α,β-unsaturated/α-hetero) is 1. The summed E-state index contributed by atoms with van der Waals surface area (Å²) in [4.78, 5) is 20.7. The van der Waals surface area contributed by atoms with Gasteiger partial charge in [0.2, 0.25) is 0 Å². The molecule has 0 spiro atoms. The molecule has 0 radical (unpaired) electrons.